The largest absolute Gasteiger partial charge is 0.454 e. The molecule has 1 aliphatic heterocycles. The molecule has 0 saturated heterocycles. The van der Waals surface area contributed by atoms with Crippen LogP contribution in [-0.4, -0.2) is 11.8 Å². The van der Waals surface area contributed by atoms with Crippen LogP contribution in [0.5, 0.6) is 11.5 Å². The van der Waals surface area contributed by atoms with E-state index in [1.807, 2.05) is 37.4 Å². The van der Waals surface area contributed by atoms with Gasteiger partial charge in [-0.05, 0) is 42.3 Å². The summed E-state index contributed by atoms with van der Waals surface area (Å²) in [6.45, 7) is 2.30. The first-order valence-electron chi connectivity index (χ1n) is 5.15. The van der Waals surface area contributed by atoms with Crippen LogP contribution in [0.3, 0.4) is 0 Å². The molecule has 1 aromatic carbocycles. The smallest absolute Gasteiger partial charge is 0.231 e. The average Bonchev–Trinajstić information content (AvgIpc) is 2.75. The molecule has 0 saturated carbocycles. The van der Waals surface area contributed by atoms with Gasteiger partial charge in [-0.1, -0.05) is 6.07 Å². The average molecular weight is 213 g/mol. The maximum absolute atomic E-state index is 5.35. The normalized spacial score (nSPS) is 12.8. The fourth-order valence-electron chi connectivity index (χ4n) is 1.80. The van der Waals surface area contributed by atoms with Crippen LogP contribution in [-0.2, 0) is 0 Å². The molecule has 0 fully saturated rings. The molecule has 0 atom stereocenters. The van der Waals surface area contributed by atoms with E-state index >= 15 is 0 Å². The summed E-state index contributed by atoms with van der Waals surface area (Å²) in [4.78, 5) is 4.18. The van der Waals surface area contributed by atoms with Crippen molar-refractivity contribution in [3.8, 4) is 22.6 Å². The van der Waals surface area contributed by atoms with Gasteiger partial charge in [-0.2, -0.15) is 0 Å². The lowest BCUT2D eigenvalue weighted by Gasteiger charge is -2.03. The number of aryl methyl sites for hydroxylation is 1. The third-order valence-electron chi connectivity index (χ3n) is 2.60. The predicted octanol–water partition coefficient (Wildman–Crippen LogP) is 2.79. The summed E-state index contributed by atoms with van der Waals surface area (Å²) in [6.07, 6.45) is 1.81. The van der Waals surface area contributed by atoms with Crippen molar-refractivity contribution < 1.29 is 9.47 Å². The van der Waals surface area contributed by atoms with E-state index < -0.39 is 0 Å². The summed E-state index contributed by atoms with van der Waals surface area (Å²) in [7, 11) is 0. The Hall–Kier alpha value is -2.03. The first-order chi connectivity index (χ1) is 7.83. The zero-order valence-corrected chi connectivity index (χ0v) is 8.93. The third kappa shape index (κ3) is 1.50. The van der Waals surface area contributed by atoms with Gasteiger partial charge in [0.1, 0.15) is 0 Å². The van der Waals surface area contributed by atoms with Crippen molar-refractivity contribution in [2.24, 2.45) is 0 Å². The summed E-state index contributed by atoms with van der Waals surface area (Å²) in [5.41, 5.74) is 3.27. The van der Waals surface area contributed by atoms with E-state index in [9.17, 15) is 0 Å². The molecule has 2 heterocycles. The zero-order valence-electron chi connectivity index (χ0n) is 8.93. The Morgan fingerprint density at radius 3 is 2.69 bits per heavy atom. The van der Waals surface area contributed by atoms with Gasteiger partial charge in [0, 0.05) is 11.9 Å². The van der Waals surface area contributed by atoms with Crippen molar-refractivity contribution in [3.05, 3.63) is 42.2 Å². The predicted molar refractivity (Wildman–Crippen MR) is 60.5 cm³/mol. The molecule has 2 aromatic rings. The lowest BCUT2D eigenvalue weighted by molar-refractivity contribution is 0.174. The summed E-state index contributed by atoms with van der Waals surface area (Å²) in [6, 6.07) is 10.0. The number of hydrogen-bond donors (Lipinski definition) is 0. The topological polar surface area (TPSA) is 31.4 Å². The van der Waals surface area contributed by atoms with E-state index in [4.69, 9.17) is 9.47 Å². The number of fused-ring (bicyclic) bond motifs is 1. The van der Waals surface area contributed by atoms with E-state index in [0.29, 0.717) is 6.79 Å². The molecule has 0 unspecified atom stereocenters. The first kappa shape index (κ1) is 9.21. The molecule has 80 valence electrons. The second-order valence-corrected chi connectivity index (χ2v) is 3.75. The van der Waals surface area contributed by atoms with Crippen molar-refractivity contribution in [2.75, 3.05) is 6.79 Å². The van der Waals surface area contributed by atoms with Crippen LogP contribution >= 0.6 is 0 Å². The maximum Gasteiger partial charge on any atom is 0.231 e. The number of pyridine rings is 1. The molecular formula is C13H11NO2. The van der Waals surface area contributed by atoms with E-state index in [2.05, 4.69) is 11.1 Å². The standard InChI is InChI=1S/C13H11NO2/c1-9-6-11(4-5-14-9)10-2-3-12-13(7-10)16-8-15-12/h2-7H,8H2,1H3. The second-order valence-electron chi connectivity index (χ2n) is 3.75. The molecule has 3 heteroatoms. The highest BCUT2D eigenvalue weighted by atomic mass is 16.7. The van der Waals surface area contributed by atoms with Crippen LogP contribution in [0, 0.1) is 6.92 Å². The molecule has 1 aliphatic rings. The monoisotopic (exact) mass is 213 g/mol. The molecule has 16 heavy (non-hydrogen) atoms. The van der Waals surface area contributed by atoms with Crippen molar-refractivity contribution in [1.29, 1.82) is 0 Å². The Morgan fingerprint density at radius 2 is 1.81 bits per heavy atom. The van der Waals surface area contributed by atoms with Crippen molar-refractivity contribution in [3.63, 3.8) is 0 Å². The minimum atomic E-state index is 0.314. The summed E-state index contributed by atoms with van der Waals surface area (Å²) >= 11 is 0. The Bertz CT molecular complexity index is 537. The highest BCUT2D eigenvalue weighted by Crippen LogP contribution is 2.35. The van der Waals surface area contributed by atoms with Gasteiger partial charge in [0.05, 0.1) is 0 Å². The summed E-state index contributed by atoms with van der Waals surface area (Å²) < 4.78 is 10.6. The van der Waals surface area contributed by atoms with E-state index in [1.54, 1.807) is 0 Å². The van der Waals surface area contributed by atoms with Crippen LogP contribution in [0.1, 0.15) is 5.69 Å². The SMILES string of the molecule is Cc1cc(-c2ccc3c(c2)OCO3)ccn1. The van der Waals surface area contributed by atoms with Crippen LogP contribution in [0.4, 0.5) is 0 Å². The summed E-state index contributed by atoms with van der Waals surface area (Å²) in [5.74, 6) is 1.63. The molecule has 0 radical (unpaired) electrons. The first-order valence-corrected chi connectivity index (χ1v) is 5.15. The number of hydrogen-bond acceptors (Lipinski definition) is 3. The number of ether oxygens (including phenoxy) is 2. The zero-order chi connectivity index (χ0) is 11.0. The van der Waals surface area contributed by atoms with Gasteiger partial charge in [0.2, 0.25) is 6.79 Å². The molecule has 0 amide bonds. The molecule has 3 rings (SSSR count). The van der Waals surface area contributed by atoms with Crippen LogP contribution in [0.15, 0.2) is 36.5 Å². The van der Waals surface area contributed by atoms with E-state index in [1.165, 1.54) is 0 Å². The van der Waals surface area contributed by atoms with Gasteiger partial charge in [0.15, 0.2) is 11.5 Å². The number of benzene rings is 1. The number of nitrogens with zero attached hydrogens (tertiary/aromatic N) is 1. The Kier molecular flexibility index (Phi) is 2.03. The fraction of sp³-hybridized carbons (Fsp3) is 0.154. The molecule has 3 nitrogen and oxygen atoms in total. The fourth-order valence-corrected chi connectivity index (χ4v) is 1.80. The molecule has 0 aliphatic carbocycles. The lowest BCUT2D eigenvalue weighted by atomic mass is 10.1. The second kappa shape index (κ2) is 3.52. The third-order valence-corrected chi connectivity index (χ3v) is 2.60. The van der Waals surface area contributed by atoms with Crippen LogP contribution in [0.2, 0.25) is 0 Å². The van der Waals surface area contributed by atoms with E-state index in [-0.39, 0.29) is 0 Å². The molecule has 0 spiro atoms. The molecule has 0 bridgehead atoms. The van der Waals surface area contributed by atoms with Crippen LogP contribution < -0.4 is 9.47 Å². The molecule has 1 aromatic heterocycles. The van der Waals surface area contributed by atoms with Gasteiger partial charge >= 0.3 is 0 Å². The van der Waals surface area contributed by atoms with Crippen molar-refractivity contribution >= 4 is 0 Å². The maximum atomic E-state index is 5.35. The molecular weight excluding hydrogens is 202 g/mol. The number of rotatable bonds is 1. The highest BCUT2D eigenvalue weighted by molar-refractivity contribution is 5.67. The molecule has 0 N–H and O–H groups in total. The Labute approximate surface area is 93.7 Å². The van der Waals surface area contributed by atoms with Gasteiger partial charge in [0.25, 0.3) is 0 Å². The lowest BCUT2D eigenvalue weighted by Crippen LogP contribution is -1.92. The highest BCUT2D eigenvalue weighted by Gasteiger charge is 2.13. The van der Waals surface area contributed by atoms with Crippen molar-refractivity contribution in [2.45, 2.75) is 6.92 Å². The van der Waals surface area contributed by atoms with Crippen molar-refractivity contribution in [1.82, 2.24) is 4.98 Å². The van der Waals surface area contributed by atoms with Crippen LogP contribution in [0.25, 0.3) is 11.1 Å². The minimum Gasteiger partial charge on any atom is -0.454 e. The van der Waals surface area contributed by atoms with Gasteiger partial charge in [-0.25, -0.2) is 0 Å². The Morgan fingerprint density at radius 1 is 1.00 bits per heavy atom. The Balaban J connectivity index is 2.07. The minimum absolute atomic E-state index is 0.314. The number of aromatic nitrogens is 1. The van der Waals surface area contributed by atoms with Gasteiger partial charge in [-0.3, -0.25) is 4.98 Å². The summed E-state index contributed by atoms with van der Waals surface area (Å²) in [5, 5.41) is 0. The van der Waals surface area contributed by atoms with Gasteiger partial charge < -0.3 is 9.47 Å². The van der Waals surface area contributed by atoms with Gasteiger partial charge in [-0.15, -0.1) is 0 Å². The quantitative estimate of drug-likeness (QED) is 0.729. The van der Waals surface area contributed by atoms with E-state index in [0.717, 1.165) is 28.3 Å².